The third-order valence-corrected chi connectivity index (χ3v) is 3.59. The van der Waals surface area contributed by atoms with Gasteiger partial charge in [0.15, 0.2) is 0 Å². The number of hydrogen-bond donors (Lipinski definition) is 1. The Hall–Kier alpha value is -0.890. The van der Waals surface area contributed by atoms with E-state index in [0.717, 1.165) is 30.6 Å². The number of nitrogens with one attached hydrogen (secondary N) is 1. The quantitative estimate of drug-likeness (QED) is 0.809. The van der Waals surface area contributed by atoms with Crippen LogP contribution in [0, 0.1) is 12.7 Å². The fourth-order valence-corrected chi connectivity index (χ4v) is 2.58. The fraction of sp³-hybridized carbons (Fsp3) is 0.571. The van der Waals surface area contributed by atoms with Crippen LogP contribution in [-0.4, -0.2) is 13.1 Å². The van der Waals surface area contributed by atoms with Crippen molar-refractivity contribution in [2.45, 2.75) is 39.0 Å². The van der Waals surface area contributed by atoms with Crippen LogP contribution < -0.4 is 5.32 Å². The van der Waals surface area contributed by atoms with Gasteiger partial charge in [-0.05, 0) is 68.0 Å². The van der Waals surface area contributed by atoms with Gasteiger partial charge in [0.25, 0.3) is 0 Å². The molecular formula is C14H20FN. The molecule has 0 saturated carbocycles. The van der Waals surface area contributed by atoms with Crippen molar-refractivity contribution >= 4 is 0 Å². The van der Waals surface area contributed by atoms with E-state index in [1.54, 1.807) is 6.07 Å². The van der Waals surface area contributed by atoms with Gasteiger partial charge in [0.05, 0.1) is 0 Å². The van der Waals surface area contributed by atoms with E-state index in [1.807, 2.05) is 13.8 Å². The predicted octanol–water partition coefficient (Wildman–Crippen LogP) is 3.16. The molecule has 1 aromatic rings. The molecule has 1 heterocycles. The van der Waals surface area contributed by atoms with E-state index in [9.17, 15) is 4.39 Å². The smallest absolute Gasteiger partial charge is 0.126 e. The van der Waals surface area contributed by atoms with E-state index >= 15 is 0 Å². The van der Waals surface area contributed by atoms with E-state index in [1.165, 1.54) is 18.4 Å². The van der Waals surface area contributed by atoms with Crippen LogP contribution in [0.2, 0.25) is 0 Å². The van der Waals surface area contributed by atoms with Gasteiger partial charge in [0, 0.05) is 0 Å². The average Bonchev–Trinajstić information content (AvgIpc) is 2.30. The number of benzene rings is 1. The molecule has 0 amide bonds. The van der Waals surface area contributed by atoms with E-state index < -0.39 is 0 Å². The van der Waals surface area contributed by atoms with E-state index in [0.29, 0.717) is 5.92 Å². The molecule has 88 valence electrons. The predicted molar refractivity (Wildman–Crippen MR) is 65.4 cm³/mol. The zero-order chi connectivity index (χ0) is 11.5. The molecule has 0 unspecified atom stereocenters. The summed E-state index contributed by atoms with van der Waals surface area (Å²) >= 11 is 0. The first-order valence-electron chi connectivity index (χ1n) is 6.22. The minimum atomic E-state index is -0.0438. The molecule has 1 N–H and O–H groups in total. The fourth-order valence-electron chi connectivity index (χ4n) is 2.58. The second-order valence-corrected chi connectivity index (χ2v) is 4.68. The summed E-state index contributed by atoms with van der Waals surface area (Å²) in [4.78, 5) is 0. The maximum absolute atomic E-state index is 13.6. The summed E-state index contributed by atoms with van der Waals surface area (Å²) in [6.07, 6.45) is 3.13. The molecule has 0 bridgehead atoms. The SMILES string of the molecule is CCc1cc(C2CCNCC2)c(C)cc1F. The molecule has 1 fully saturated rings. The Morgan fingerprint density at radius 2 is 2.00 bits per heavy atom. The van der Waals surface area contributed by atoms with Crippen molar-refractivity contribution < 1.29 is 4.39 Å². The molecule has 1 aliphatic heterocycles. The molecule has 1 aliphatic rings. The van der Waals surface area contributed by atoms with Gasteiger partial charge in [0.1, 0.15) is 5.82 Å². The summed E-state index contributed by atoms with van der Waals surface area (Å²) in [6.45, 7) is 6.21. The molecule has 2 heteroatoms. The molecule has 16 heavy (non-hydrogen) atoms. The highest BCUT2D eigenvalue weighted by atomic mass is 19.1. The lowest BCUT2D eigenvalue weighted by atomic mass is 9.86. The number of piperidine rings is 1. The second kappa shape index (κ2) is 4.96. The van der Waals surface area contributed by atoms with Crippen LogP contribution in [0.15, 0.2) is 12.1 Å². The largest absolute Gasteiger partial charge is 0.317 e. The summed E-state index contributed by atoms with van der Waals surface area (Å²) in [5.74, 6) is 0.574. The van der Waals surface area contributed by atoms with Crippen molar-refractivity contribution in [1.82, 2.24) is 5.32 Å². The lowest BCUT2D eigenvalue weighted by Crippen LogP contribution is -2.27. The van der Waals surface area contributed by atoms with Gasteiger partial charge in [0.2, 0.25) is 0 Å². The van der Waals surface area contributed by atoms with Gasteiger partial charge in [-0.3, -0.25) is 0 Å². The summed E-state index contributed by atoms with van der Waals surface area (Å²) in [5.41, 5.74) is 3.33. The normalized spacial score (nSPS) is 17.7. The molecular weight excluding hydrogens is 201 g/mol. The molecule has 0 spiro atoms. The Bertz CT molecular complexity index is 367. The number of rotatable bonds is 2. The van der Waals surface area contributed by atoms with Crippen molar-refractivity contribution in [1.29, 1.82) is 0 Å². The third-order valence-electron chi connectivity index (χ3n) is 3.59. The minimum Gasteiger partial charge on any atom is -0.317 e. The lowest BCUT2D eigenvalue weighted by molar-refractivity contribution is 0.458. The standard InChI is InChI=1S/C14H20FN/c1-3-11-9-13(10(2)8-14(11)15)12-4-6-16-7-5-12/h8-9,12,16H,3-7H2,1-2H3. The Kier molecular flexibility index (Phi) is 3.59. The molecule has 1 aromatic carbocycles. The van der Waals surface area contributed by atoms with Gasteiger partial charge in [-0.25, -0.2) is 4.39 Å². The van der Waals surface area contributed by atoms with E-state index in [4.69, 9.17) is 0 Å². The van der Waals surface area contributed by atoms with Gasteiger partial charge in [-0.2, -0.15) is 0 Å². The van der Waals surface area contributed by atoms with Crippen LogP contribution in [0.25, 0.3) is 0 Å². The molecule has 0 aromatic heterocycles. The van der Waals surface area contributed by atoms with Crippen LogP contribution in [0.4, 0.5) is 4.39 Å². The molecule has 0 aliphatic carbocycles. The summed E-state index contributed by atoms with van der Waals surface area (Å²) in [5, 5.41) is 3.37. The Morgan fingerprint density at radius 1 is 1.31 bits per heavy atom. The van der Waals surface area contributed by atoms with Crippen LogP contribution in [0.5, 0.6) is 0 Å². The number of aryl methyl sites for hydroxylation is 2. The molecule has 2 rings (SSSR count). The Morgan fingerprint density at radius 3 is 2.62 bits per heavy atom. The highest BCUT2D eigenvalue weighted by Gasteiger charge is 2.18. The zero-order valence-corrected chi connectivity index (χ0v) is 10.1. The van der Waals surface area contributed by atoms with Crippen LogP contribution >= 0.6 is 0 Å². The highest BCUT2D eigenvalue weighted by molar-refractivity contribution is 5.35. The lowest BCUT2D eigenvalue weighted by Gasteiger charge is -2.25. The van der Waals surface area contributed by atoms with Gasteiger partial charge >= 0.3 is 0 Å². The summed E-state index contributed by atoms with van der Waals surface area (Å²) in [6, 6.07) is 3.79. The Balaban J connectivity index is 2.31. The van der Waals surface area contributed by atoms with Gasteiger partial charge < -0.3 is 5.32 Å². The van der Waals surface area contributed by atoms with Crippen molar-refractivity contribution in [3.63, 3.8) is 0 Å². The van der Waals surface area contributed by atoms with E-state index in [-0.39, 0.29) is 5.82 Å². The second-order valence-electron chi connectivity index (χ2n) is 4.68. The molecule has 1 nitrogen and oxygen atoms in total. The van der Waals surface area contributed by atoms with E-state index in [2.05, 4.69) is 11.4 Å². The summed E-state index contributed by atoms with van der Waals surface area (Å²) in [7, 11) is 0. The first kappa shape index (κ1) is 11.6. The first-order valence-corrected chi connectivity index (χ1v) is 6.22. The maximum Gasteiger partial charge on any atom is 0.126 e. The van der Waals surface area contributed by atoms with Crippen LogP contribution in [0.1, 0.15) is 42.4 Å². The van der Waals surface area contributed by atoms with Gasteiger partial charge in [-0.15, -0.1) is 0 Å². The highest BCUT2D eigenvalue weighted by Crippen LogP contribution is 2.29. The molecule has 0 atom stereocenters. The Labute approximate surface area is 97.1 Å². The van der Waals surface area contributed by atoms with Gasteiger partial charge in [-0.1, -0.05) is 13.0 Å². The molecule has 0 radical (unpaired) electrons. The number of halogens is 1. The molecule has 1 saturated heterocycles. The van der Waals surface area contributed by atoms with Crippen molar-refractivity contribution in [3.05, 3.63) is 34.6 Å². The van der Waals surface area contributed by atoms with Crippen molar-refractivity contribution in [2.24, 2.45) is 0 Å². The monoisotopic (exact) mass is 221 g/mol. The minimum absolute atomic E-state index is 0.0438. The average molecular weight is 221 g/mol. The maximum atomic E-state index is 13.6. The van der Waals surface area contributed by atoms with Crippen LogP contribution in [-0.2, 0) is 6.42 Å². The third kappa shape index (κ3) is 2.27. The van der Waals surface area contributed by atoms with Crippen molar-refractivity contribution in [2.75, 3.05) is 13.1 Å². The summed E-state index contributed by atoms with van der Waals surface area (Å²) < 4.78 is 13.6. The van der Waals surface area contributed by atoms with Crippen LogP contribution in [0.3, 0.4) is 0 Å². The topological polar surface area (TPSA) is 12.0 Å². The first-order chi connectivity index (χ1) is 7.72. The van der Waals surface area contributed by atoms with Crippen molar-refractivity contribution in [3.8, 4) is 0 Å². The zero-order valence-electron chi connectivity index (χ0n) is 10.1. The number of hydrogen-bond acceptors (Lipinski definition) is 1.